The zero-order valence-corrected chi connectivity index (χ0v) is 13.0. The quantitative estimate of drug-likeness (QED) is 0.768. The largest absolute Gasteiger partial charge is 0.443 e. The number of anilines is 1. The minimum absolute atomic E-state index is 0.00472. The van der Waals surface area contributed by atoms with E-state index in [1.807, 2.05) is 12.1 Å². The highest BCUT2D eigenvalue weighted by Crippen LogP contribution is 2.23. The number of amides is 1. The molecule has 4 heterocycles. The molecule has 0 radical (unpaired) electrons. The van der Waals surface area contributed by atoms with Crippen LogP contribution >= 0.6 is 0 Å². The average molecular weight is 323 g/mol. The minimum atomic E-state index is -0.00472. The molecule has 1 atom stereocenters. The van der Waals surface area contributed by atoms with Crippen LogP contribution in [0.15, 0.2) is 41.5 Å². The fraction of sp³-hybridized carbons (Fsp3) is 0.294. The van der Waals surface area contributed by atoms with E-state index >= 15 is 0 Å². The van der Waals surface area contributed by atoms with Gasteiger partial charge in [-0.2, -0.15) is 0 Å². The molecule has 1 aliphatic heterocycles. The fourth-order valence-electron chi connectivity index (χ4n) is 2.90. The molecule has 122 valence electrons. The normalized spacial score (nSPS) is 17.8. The van der Waals surface area contributed by atoms with E-state index in [-0.39, 0.29) is 11.8 Å². The topological polar surface area (TPSA) is 92.9 Å². The molecule has 4 rings (SSSR count). The third-order valence-corrected chi connectivity index (χ3v) is 4.20. The van der Waals surface area contributed by atoms with E-state index in [4.69, 9.17) is 4.42 Å². The molecule has 7 nitrogen and oxygen atoms in total. The Bertz CT molecular complexity index is 857. The molecule has 3 aromatic heterocycles. The van der Waals surface area contributed by atoms with Crippen molar-refractivity contribution in [2.24, 2.45) is 5.92 Å². The number of nitrogens with zero attached hydrogens (tertiary/aromatic N) is 3. The number of hydrogen-bond acceptors (Lipinski definition) is 6. The molecule has 2 N–H and O–H groups in total. The molecule has 0 bridgehead atoms. The van der Waals surface area contributed by atoms with Gasteiger partial charge in [0.25, 0.3) is 0 Å². The van der Waals surface area contributed by atoms with Crippen molar-refractivity contribution in [2.45, 2.75) is 12.8 Å². The number of pyridine rings is 2. The average Bonchev–Trinajstić information content (AvgIpc) is 3.16. The summed E-state index contributed by atoms with van der Waals surface area (Å²) in [5.41, 5.74) is 1.59. The second kappa shape index (κ2) is 6.37. The van der Waals surface area contributed by atoms with Gasteiger partial charge in [0, 0.05) is 23.7 Å². The molecule has 0 aliphatic carbocycles. The number of nitrogens with one attached hydrogen (secondary N) is 2. The molecule has 0 spiro atoms. The first-order valence-electron chi connectivity index (χ1n) is 7.96. The molecule has 1 aliphatic rings. The molecule has 1 fully saturated rings. The van der Waals surface area contributed by atoms with Gasteiger partial charge in [-0.15, -0.1) is 0 Å². The van der Waals surface area contributed by atoms with E-state index < -0.39 is 0 Å². The van der Waals surface area contributed by atoms with E-state index in [1.165, 1.54) is 6.39 Å². The lowest BCUT2D eigenvalue weighted by Gasteiger charge is -2.21. The summed E-state index contributed by atoms with van der Waals surface area (Å²) < 4.78 is 5.30. The number of fused-ring (bicyclic) bond motifs is 1. The van der Waals surface area contributed by atoms with Crippen molar-refractivity contribution in [2.75, 3.05) is 18.4 Å². The monoisotopic (exact) mass is 323 g/mol. The van der Waals surface area contributed by atoms with Crippen LogP contribution < -0.4 is 10.6 Å². The maximum atomic E-state index is 12.3. The van der Waals surface area contributed by atoms with Crippen molar-refractivity contribution in [3.05, 3.63) is 37.1 Å². The Kier molecular flexibility index (Phi) is 3.92. The zero-order chi connectivity index (χ0) is 16.4. The number of aromatic nitrogens is 3. The van der Waals surface area contributed by atoms with Crippen molar-refractivity contribution < 1.29 is 9.21 Å². The second-order valence-corrected chi connectivity index (χ2v) is 5.88. The second-order valence-electron chi connectivity index (χ2n) is 5.88. The van der Waals surface area contributed by atoms with Crippen molar-refractivity contribution in [1.29, 1.82) is 0 Å². The Morgan fingerprint density at radius 3 is 3.00 bits per heavy atom. The number of carbonyl (C=O) groups excluding carboxylic acids is 1. The van der Waals surface area contributed by atoms with Gasteiger partial charge in [0.2, 0.25) is 5.91 Å². The standard InChI is InChI=1S/C17H17N5O2/c23-17(11-2-1-3-18-6-11)22-16-5-12-4-13(15-9-19-10-24-15)7-20-14(12)8-21-16/h4-5,7-11,18H,1-3,6H2,(H,21,22,23)/t11-/m1/s1. The van der Waals surface area contributed by atoms with Crippen LogP contribution in [0.25, 0.3) is 22.2 Å². The van der Waals surface area contributed by atoms with Crippen molar-refractivity contribution >= 4 is 22.6 Å². The van der Waals surface area contributed by atoms with E-state index in [0.29, 0.717) is 11.6 Å². The third-order valence-electron chi connectivity index (χ3n) is 4.20. The maximum Gasteiger partial charge on any atom is 0.229 e. The van der Waals surface area contributed by atoms with Gasteiger partial charge in [0.15, 0.2) is 12.2 Å². The van der Waals surface area contributed by atoms with Gasteiger partial charge in [-0.3, -0.25) is 9.78 Å². The van der Waals surface area contributed by atoms with Gasteiger partial charge >= 0.3 is 0 Å². The summed E-state index contributed by atoms with van der Waals surface area (Å²) in [7, 11) is 0. The van der Waals surface area contributed by atoms with Crippen LogP contribution in [0.5, 0.6) is 0 Å². The van der Waals surface area contributed by atoms with Gasteiger partial charge < -0.3 is 15.1 Å². The molecule has 0 unspecified atom stereocenters. The van der Waals surface area contributed by atoms with Crippen molar-refractivity contribution in [3.8, 4) is 11.3 Å². The van der Waals surface area contributed by atoms with Gasteiger partial charge in [-0.1, -0.05) is 0 Å². The summed E-state index contributed by atoms with van der Waals surface area (Å²) in [6.07, 6.45) is 8.33. The predicted octanol–water partition coefficient (Wildman–Crippen LogP) is 2.22. The highest BCUT2D eigenvalue weighted by atomic mass is 16.3. The number of carbonyl (C=O) groups is 1. The van der Waals surface area contributed by atoms with Gasteiger partial charge in [0.1, 0.15) is 5.82 Å². The number of piperidine rings is 1. The lowest BCUT2D eigenvalue weighted by Crippen LogP contribution is -2.37. The first-order chi connectivity index (χ1) is 11.8. The summed E-state index contributed by atoms with van der Waals surface area (Å²) in [4.78, 5) is 24.9. The fourth-order valence-corrected chi connectivity index (χ4v) is 2.90. The highest BCUT2D eigenvalue weighted by molar-refractivity contribution is 5.94. The Balaban J connectivity index is 1.58. The van der Waals surface area contributed by atoms with Crippen LogP contribution in [0.1, 0.15) is 12.8 Å². The maximum absolute atomic E-state index is 12.3. The van der Waals surface area contributed by atoms with Crippen LogP contribution in [0.2, 0.25) is 0 Å². The summed E-state index contributed by atoms with van der Waals surface area (Å²) in [5.74, 6) is 1.19. The number of hydrogen-bond donors (Lipinski definition) is 2. The van der Waals surface area contributed by atoms with Crippen LogP contribution in [0.3, 0.4) is 0 Å². The molecular formula is C17H17N5O2. The molecule has 1 amide bonds. The van der Waals surface area contributed by atoms with E-state index in [2.05, 4.69) is 25.6 Å². The smallest absolute Gasteiger partial charge is 0.229 e. The molecule has 0 aromatic carbocycles. The minimum Gasteiger partial charge on any atom is -0.443 e. The Morgan fingerprint density at radius 1 is 1.25 bits per heavy atom. The Hall–Kier alpha value is -2.80. The van der Waals surface area contributed by atoms with Crippen LogP contribution in [-0.2, 0) is 4.79 Å². The molecular weight excluding hydrogens is 306 g/mol. The van der Waals surface area contributed by atoms with Crippen molar-refractivity contribution in [1.82, 2.24) is 20.3 Å². The molecule has 24 heavy (non-hydrogen) atoms. The Morgan fingerprint density at radius 2 is 2.21 bits per heavy atom. The number of rotatable bonds is 3. The van der Waals surface area contributed by atoms with Gasteiger partial charge in [-0.05, 0) is 31.5 Å². The molecule has 3 aromatic rings. The van der Waals surface area contributed by atoms with Crippen molar-refractivity contribution in [3.63, 3.8) is 0 Å². The highest BCUT2D eigenvalue weighted by Gasteiger charge is 2.21. The molecule has 0 saturated carbocycles. The van der Waals surface area contributed by atoms with Crippen LogP contribution in [0.4, 0.5) is 5.82 Å². The van der Waals surface area contributed by atoms with E-state index in [9.17, 15) is 4.79 Å². The van der Waals surface area contributed by atoms with Crippen LogP contribution in [-0.4, -0.2) is 33.9 Å². The summed E-state index contributed by atoms with van der Waals surface area (Å²) in [6, 6.07) is 3.78. The summed E-state index contributed by atoms with van der Waals surface area (Å²) in [5, 5.41) is 7.04. The first-order valence-corrected chi connectivity index (χ1v) is 7.96. The van der Waals surface area contributed by atoms with Crippen LogP contribution in [0, 0.1) is 5.92 Å². The molecule has 1 saturated heterocycles. The third kappa shape index (κ3) is 2.98. The SMILES string of the molecule is O=C(Nc1cc2cc(-c3cnco3)cnc2cn1)[C@@H]1CCCNC1. The van der Waals surface area contributed by atoms with Gasteiger partial charge in [-0.25, -0.2) is 9.97 Å². The summed E-state index contributed by atoms with van der Waals surface area (Å²) in [6.45, 7) is 1.70. The van der Waals surface area contributed by atoms with Gasteiger partial charge in [0.05, 0.1) is 23.8 Å². The van der Waals surface area contributed by atoms with E-state index in [0.717, 1.165) is 42.4 Å². The first kappa shape index (κ1) is 14.8. The lowest BCUT2D eigenvalue weighted by molar-refractivity contribution is -0.120. The van der Waals surface area contributed by atoms with E-state index in [1.54, 1.807) is 18.6 Å². The Labute approximate surface area is 138 Å². The predicted molar refractivity (Wildman–Crippen MR) is 89.3 cm³/mol. The zero-order valence-electron chi connectivity index (χ0n) is 13.0. The lowest BCUT2D eigenvalue weighted by atomic mass is 9.99. The molecule has 7 heteroatoms. The number of oxazole rings is 1. The summed E-state index contributed by atoms with van der Waals surface area (Å²) >= 11 is 0.